The van der Waals surface area contributed by atoms with Crippen LogP contribution >= 0.6 is 11.8 Å². The molecular weight excluding hydrogens is 428 g/mol. The van der Waals surface area contributed by atoms with Gasteiger partial charge in [-0.25, -0.2) is 4.79 Å². The summed E-state index contributed by atoms with van der Waals surface area (Å²) in [5.74, 6) is 0.0171. The van der Waals surface area contributed by atoms with Crippen molar-refractivity contribution in [3.63, 3.8) is 0 Å². The number of aliphatic hydroxyl groups is 2. The predicted molar refractivity (Wildman–Crippen MR) is 124 cm³/mol. The van der Waals surface area contributed by atoms with Crippen molar-refractivity contribution in [3.8, 4) is 0 Å². The van der Waals surface area contributed by atoms with Crippen LogP contribution in [0.1, 0.15) is 61.9 Å². The van der Waals surface area contributed by atoms with Crippen molar-refractivity contribution in [2.45, 2.75) is 63.9 Å². The van der Waals surface area contributed by atoms with E-state index in [1.807, 2.05) is 24.3 Å². The lowest BCUT2D eigenvalue weighted by Crippen LogP contribution is -2.38. The van der Waals surface area contributed by atoms with E-state index in [9.17, 15) is 19.8 Å². The van der Waals surface area contributed by atoms with Crippen LogP contribution in [0.5, 0.6) is 0 Å². The molecule has 3 atom stereocenters. The Bertz CT molecular complexity index is 884. The van der Waals surface area contributed by atoms with Gasteiger partial charge in [0.2, 0.25) is 0 Å². The molecule has 0 heterocycles. The molecule has 7 heteroatoms. The molecule has 2 aliphatic carbocycles. The zero-order valence-electron chi connectivity index (χ0n) is 18.9. The average Bonchev–Trinajstić information content (AvgIpc) is 3.03. The standard InChI is InChI=1S/C25H32O6S/c1-16(26)31-21-14-20(27)19(6-4-7-22(28)25(2)12-5-13-25)23(21)32-15-17-8-10-18(11-9-17)24(29)30-3/h4,6,8-11,19-20,22,27-28H,5,7,12-15H2,1-3H3/b6-4+/t19-,20?,22?/m0/s1. The Kier molecular flexibility index (Phi) is 8.20. The van der Waals surface area contributed by atoms with E-state index in [0.717, 1.165) is 29.7 Å². The van der Waals surface area contributed by atoms with Crippen LogP contribution in [0.4, 0.5) is 0 Å². The van der Waals surface area contributed by atoms with Gasteiger partial charge in [-0.05, 0) is 42.4 Å². The number of carbonyl (C=O) groups is 2. The van der Waals surface area contributed by atoms with Gasteiger partial charge in [-0.2, -0.15) is 0 Å². The summed E-state index contributed by atoms with van der Waals surface area (Å²) in [6.07, 6.45) is 6.84. The van der Waals surface area contributed by atoms with Crippen molar-refractivity contribution < 1.29 is 29.3 Å². The molecule has 32 heavy (non-hydrogen) atoms. The smallest absolute Gasteiger partial charge is 0.337 e. The molecule has 0 amide bonds. The number of hydrogen-bond donors (Lipinski definition) is 2. The minimum Gasteiger partial charge on any atom is -0.465 e. The first-order valence-corrected chi connectivity index (χ1v) is 12.0. The van der Waals surface area contributed by atoms with Gasteiger partial charge < -0.3 is 19.7 Å². The monoisotopic (exact) mass is 460 g/mol. The molecule has 3 rings (SSSR count). The number of carbonyl (C=O) groups excluding carboxylic acids is 2. The number of aliphatic hydroxyl groups excluding tert-OH is 2. The highest BCUT2D eigenvalue weighted by Crippen LogP contribution is 2.45. The Morgan fingerprint density at radius 3 is 2.53 bits per heavy atom. The van der Waals surface area contributed by atoms with Gasteiger partial charge >= 0.3 is 11.9 Å². The second-order valence-electron chi connectivity index (χ2n) is 8.84. The molecule has 1 aromatic carbocycles. The van der Waals surface area contributed by atoms with Crippen molar-refractivity contribution in [1.82, 2.24) is 0 Å². The topological polar surface area (TPSA) is 93.1 Å². The lowest BCUT2D eigenvalue weighted by atomic mass is 9.66. The number of methoxy groups -OCH3 is 1. The number of esters is 2. The zero-order valence-corrected chi connectivity index (χ0v) is 19.7. The molecule has 0 saturated heterocycles. The first-order chi connectivity index (χ1) is 15.2. The lowest BCUT2D eigenvalue weighted by Gasteiger charge is -2.42. The Morgan fingerprint density at radius 1 is 1.28 bits per heavy atom. The van der Waals surface area contributed by atoms with Gasteiger partial charge in [-0.15, -0.1) is 11.8 Å². The van der Waals surface area contributed by atoms with Crippen LogP contribution in [-0.4, -0.2) is 41.5 Å². The number of rotatable bonds is 9. The Labute approximate surface area is 193 Å². The van der Waals surface area contributed by atoms with E-state index in [2.05, 4.69) is 6.92 Å². The van der Waals surface area contributed by atoms with Crippen LogP contribution in [0.2, 0.25) is 0 Å². The van der Waals surface area contributed by atoms with Gasteiger partial charge in [0.15, 0.2) is 0 Å². The van der Waals surface area contributed by atoms with Gasteiger partial charge in [0.1, 0.15) is 5.76 Å². The zero-order chi connectivity index (χ0) is 23.3. The molecule has 0 aliphatic heterocycles. The van der Waals surface area contributed by atoms with Crippen LogP contribution in [0, 0.1) is 11.3 Å². The third kappa shape index (κ3) is 5.82. The van der Waals surface area contributed by atoms with E-state index >= 15 is 0 Å². The highest BCUT2D eigenvalue weighted by atomic mass is 32.2. The molecule has 0 aromatic heterocycles. The molecule has 0 radical (unpaired) electrons. The van der Waals surface area contributed by atoms with Crippen molar-refractivity contribution in [2.24, 2.45) is 11.3 Å². The number of benzene rings is 1. The summed E-state index contributed by atoms with van der Waals surface area (Å²) in [6, 6.07) is 7.15. The molecule has 0 spiro atoms. The maximum atomic E-state index is 11.6. The minimum atomic E-state index is -0.679. The molecule has 1 aromatic rings. The Balaban J connectivity index is 1.69. The fourth-order valence-electron chi connectivity index (χ4n) is 4.16. The fraction of sp³-hybridized carbons (Fsp3) is 0.520. The van der Waals surface area contributed by atoms with E-state index < -0.39 is 18.2 Å². The predicted octanol–water partition coefficient (Wildman–Crippen LogP) is 4.36. The summed E-state index contributed by atoms with van der Waals surface area (Å²) in [4.78, 5) is 24.0. The van der Waals surface area contributed by atoms with Gasteiger partial charge in [0, 0.05) is 29.9 Å². The number of ether oxygens (including phenoxy) is 2. The van der Waals surface area contributed by atoms with Crippen LogP contribution in [-0.2, 0) is 20.0 Å². The molecule has 174 valence electrons. The summed E-state index contributed by atoms with van der Waals surface area (Å²) in [6.45, 7) is 3.47. The van der Waals surface area contributed by atoms with E-state index in [1.165, 1.54) is 25.8 Å². The van der Waals surface area contributed by atoms with Crippen molar-refractivity contribution in [1.29, 1.82) is 0 Å². The van der Waals surface area contributed by atoms with E-state index in [-0.39, 0.29) is 23.7 Å². The van der Waals surface area contributed by atoms with Gasteiger partial charge in [-0.3, -0.25) is 4.79 Å². The van der Waals surface area contributed by atoms with Crippen molar-refractivity contribution in [3.05, 3.63) is 58.2 Å². The van der Waals surface area contributed by atoms with Crippen molar-refractivity contribution in [2.75, 3.05) is 7.11 Å². The minimum absolute atomic E-state index is 0.00862. The Hall–Kier alpha value is -2.09. The SMILES string of the molecule is COC(=O)c1ccc(CSC2=C(OC(C)=O)CC(O)[C@@H]2/C=C/CC(O)C2(C)CCC2)cc1. The third-order valence-corrected chi connectivity index (χ3v) is 7.71. The number of hydrogen-bond acceptors (Lipinski definition) is 7. The lowest BCUT2D eigenvalue weighted by molar-refractivity contribution is -0.137. The quantitative estimate of drug-likeness (QED) is 0.418. The van der Waals surface area contributed by atoms with E-state index in [4.69, 9.17) is 9.47 Å². The molecule has 2 aliphatic rings. The summed E-state index contributed by atoms with van der Waals surface area (Å²) in [5, 5.41) is 21.1. The maximum absolute atomic E-state index is 11.6. The van der Waals surface area contributed by atoms with Crippen LogP contribution in [0.3, 0.4) is 0 Å². The van der Waals surface area contributed by atoms with Crippen LogP contribution in [0.15, 0.2) is 47.1 Å². The van der Waals surface area contributed by atoms with E-state index in [1.54, 1.807) is 12.1 Å². The number of thioether (sulfide) groups is 1. The first-order valence-electron chi connectivity index (χ1n) is 11.0. The maximum Gasteiger partial charge on any atom is 0.337 e. The van der Waals surface area contributed by atoms with Gasteiger partial charge in [0.25, 0.3) is 0 Å². The van der Waals surface area contributed by atoms with Gasteiger partial charge in [-0.1, -0.05) is 37.6 Å². The summed E-state index contributed by atoms with van der Waals surface area (Å²) in [5.41, 5.74) is 1.47. The van der Waals surface area contributed by atoms with Crippen LogP contribution < -0.4 is 0 Å². The Morgan fingerprint density at radius 2 is 1.97 bits per heavy atom. The second-order valence-corrected chi connectivity index (χ2v) is 9.86. The summed E-state index contributed by atoms with van der Waals surface area (Å²) in [7, 11) is 1.35. The van der Waals surface area contributed by atoms with E-state index in [0.29, 0.717) is 23.5 Å². The molecule has 1 saturated carbocycles. The van der Waals surface area contributed by atoms with Crippen LogP contribution in [0.25, 0.3) is 0 Å². The fourth-order valence-corrected chi connectivity index (χ4v) is 5.39. The normalized spacial score (nSPS) is 23.2. The molecular formula is C25H32O6S. The second kappa shape index (κ2) is 10.7. The summed E-state index contributed by atoms with van der Waals surface area (Å²) >= 11 is 1.51. The highest BCUT2D eigenvalue weighted by molar-refractivity contribution is 8.02. The van der Waals surface area contributed by atoms with Gasteiger partial charge in [0.05, 0.1) is 24.9 Å². The third-order valence-electron chi connectivity index (χ3n) is 6.43. The molecule has 0 bridgehead atoms. The molecule has 2 N–H and O–H groups in total. The molecule has 2 unspecified atom stereocenters. The molecule has 1 fully saturated rings. The highest BCUT2D eigenvalue weighted by Gasteiger charge is 2.38. The average molecular weight is 461 g/mol. The van der Waals surface area contributed by atoms with Crippen molar-refractivity contribution >= 4 is 23.7 Å². The summed E-state index contributed by atoms with van der Waals surface area (Å²) < 4.78 is 10.1. The first kappa shape index (κ1) is 24.6. The molecule has 6 nitrogen and oxygen atoms in total. The largest absolute Gasteiger partial charge is 0.465 e.